The van der Waals surface area contributed by atoms with Crippen molar-refractivity contribution in [3.8, 4) is 5.75 Å². The van der Waals surface area contributed by atoms with Gasteiger partial charge in [0.25, 0.3) is 0 Å². The maximum Gasteiger partial charge on any atom is 0.460 e. The number of alkyl halides is 10. The Morgan fingerprint density at radius 2 is 1.18 bits per heavy atom. The monoisotopic (exact) mass is 360 g/mol. The van der Waals surface area contributed by atoms with Crippen LogP contribution in [0.4, 0.5) is 39.5 Å². The summed E-state index contributed by atoms with van der Waals surface area (Å²) in [6.45, 7) is 0. The Morgan fingerprint density at radius 1 is 0.773 bits per heavy atom. The first-order valence-electron chi connectivity index (χ1n) is 5.29. The van der Waals surface area contributed by atoms with Gasteiger partial charge < -0.3 is 5.11 Å². The van der Waals surface area contributed by atoms with Crippen LogP contribution in [0.1, 0.15) is 10.9 Å². The van der Waals surface area contributed by atoms with E-state index in [2.05, 4.69) is 0 Å². The lowest BCUT2D eigenvalue weighted by Crippen LogP contribution is -2.62. The largest absolute Gasteiger partial charge is 0.508 e. The van der Waals surface area contributed by atoms with Crippen LogP contribution in [0.2, 0.25) is 0 Å². The second-order valence-corrected chi connectivity index (χ2v) is 4.66. The summed E-state index contributed by atoms with van der Waals surface area (Å²) in [6, 6.07) is 2.62. The Morgan fingerprint density at radius 3 is 1.55 bits per heavy atom. The van der Waals surface area contributed by atoms with Crippen molar-refractivity contribution < 1.29 is 44.6 Å². The van der Waals surface area contributed by atoms with Gasteiger partial charge in [0.05, 0.1) is 0 Å². The molecule has 1 aromatic rings. The predicted molar refractivity (Wildman–Crippen MR) is 57.6 cm³/mol. The van der Waals surface area contributed by atoms with E-state index in [9.17, 15) is 39.5 Å². The third kappa shape index (κ3) is 2.80. The molecule has 0 aliphatic heterocycles. The minimum absolute atomic E-state index is 0.483. The number of halogens is 10. The Hall–Kier alpha value is -1.32. The summed E-state index contributed by atoms with van der Waals surface area (Å²) in [5.41, 5.74) is -0.873. The van der Waals surface area contributed by atoms with Crippen LogP contribution in [0.3, 0.4) is 0 Å². The minimum atomic E-state index is -6.99. The molecule has 0 aliphatic rings. The van der Waals surface area contributed by atoms with Gasteiger partial charge in [0.2, 0.25) is 0 Å². The van der Waals surface area contributed by atoms with E-state index in [1.807, 2.05) is 0 Å². The van der Waals surface area contributed by atoms with Crippen LogP contribution in [0.15, 0.2) is 24.3 Å². The molecule has 0 aliphatic carbocycles. The third-order valence-corrected chi connectivity index (χ3v) is 3.20. The lowest BCUT2D eigenvalue weighted by Gasteiger charge is -2.35. The van der Waals surface area contributed by atoms with Gasteiger partial charge >= 0.3 is 23.9 Å². The van der Waals surface area contributed by atoms with Crippen LogP contribution in [-0.4, -0.2) is 29.1 Å². The summed E-state index contributed by atoms with van der Waals surface area (Å²) in [5, 5.41) is 5.71. The van der Waals surface area contributed by atoms with E-state index in [4.69, 9.17) is 16.7 Å². The van der Waals surface area contributed by atoms with Crippen LogP contribution in [0.5, 0.6) is 5.75 Å². The number of benzene rings is 1. The predicted octanol–water partition coefficient (Wildman–Crippen LogP) is 5.14. The lowest BCUT2D eigenvalue weighted by atomic mass is 9.96. The van der Waals surface area contributed by atoms with Gasteiger partial charge in [0, 0.05) is 0 Å². The third-order valence-electron chi connectivity index (χ3n) is 2.67. The van der Waals surface area contributed by atoms with Gasteiger partial charge in [-0.1, -0.05) is 12.1 Å². The molecule has 1 nitrogen and oxygen atoms in total. The number of hydrogen-bond donors (Lipinski definition) is 1. The molecule has 0 fully saturated rings. The number of phenolic OH excluding ortho intramolecular Hbond substituents is 1. The summed E-state index contributed by atoms with van der Waals surface area (Å²) in [6.07, 6.45) is -6.90. The molecule has 0 saturated heterocycles. The molecule has 1 N–H and O–H groups in total. The van der Waals surface area contributed by atoms with Crippen LogP contribution in [0.25, 0.3) is 0 Å². The topological polar surface area (TPSA) is 20.2 Å². The van der Waals surface area contributed by atoms with Crippen molar-refractivity contribution in [2.24, 2.45) is 0 Å². The molecule has 0 amide bonds. The quantitative estimate of drug-likeness (QED) is 0.582. The van der Waals surface area contributed by atoms with Gasteiger partial charge in [0.15, 0.2) is 0 Å². The van der Waals surface area contributed by atoms with E-state index >= 15 is 0 Å². The highest BCUT2D eigenvalue weighted by molar-refractivity contribution is 6.21. The first-order valence-corrected chi connectivity index (χ1v) is 5.73. The minimum Gasteiger partial charge on any atom is -0.508 e. The van der Waals surface area contributed by atoms with E-state index in [0.717, 1.165) is 12.1 Å². The number of phenols is 1. The van der Waals surface area contributed by atoms with Gasteiger partial charge in [-0.25, -0.2) is 0 Å². The fourth-order valence-electron chi connectivity index (χ4n) is 1.40. The molecule has 126 valence electrons. The highest BCUT2D eigenvalue weighted by Crippen LogP contribution is 2.57. The van der Waals surface area contributed by atoms with E-state index in [1.165, 1.54) is 0 Å². The molecular formula is C11H6ClF9O. The van der Waals surface area contributed by atoms with Crippen molar-refractivity contribution in [2.45, 2.75) is 29.3 Å². The molecule has 0 saturated carbocycles. The first kappa shape index (κ1) is 18.7. The average Bonchev–Trinajstić information content (AvgIpc) is 2.37. The highest BCUT2D eigenvalue weighted by atomic mass is 35.5. The molecule has 22 heavy (non-hydrogen) atoms. The molecule has 0 aromatic heterocycles. The fourth-order valence-corrected chi connectivity index (χ4v) is 1.68. The molecule has 0 radical (unpaired) electrons. The second kappa shape index (κ2) is 5.39. The van der Waals surface area contributed by atoms with Crippen LogP contribution in [0, 0.1) is 0 Å². The summed E-state index contributed by atoms with van der Waals surface area (Å²) in [4.78, 5) is 0. The van der Waals surface area contributed by atoms with E-state index < -0.39 is 40.6 Å². The summed E-state index contributed by atoms with van der Waals surface area (Å²) in [7, 11) is 0. The highest BCUT2D eigenvalue weighted by Gasteiger charge is 2.83. The number of hydrogen-bond acceptors (Lipinski definition) is 1. The fraction of sp³-hybridized carbons (Fsp3) is 0.455. The van der Waals surface area contributed by atoms with Crippen molar-refractivity contribution in [3.05, 3.63) is 29.8 Å². The maximum absolute atomic E-state index is 13.5. The van der Waals surface area contributed by atoms with Crippen molar-refractivity contribution in [2.75, 3.05) is 0 Å². The Labute approximate surface area is 122 Å². The average molecular weight is 361 g/mol. The van der Waals surface area contributed by atoms with Crippen LogP contribution >= 0.6 is 11.6 Å². The second-order valence-electron chi connectivity index (χ2n) is 4.22. The standard InChI is InChI=1S/C11H6ClF9O/c12-7(5-1-3-6(22)4-2-5)8(13,14)9(15,16)10(17,18)11(19,20)21/h1-4,7,22H. The first-order chi connectivity index (χ1) is 9.66. The zero-order chi connectivity index (χ0) is 17.6. The van der Waals surface area contributed by atoms with Crippen molar-refractivity contribution in [1.82, 2.24) is 0 Å². The van der Waals surface area contributed by atoms with E-state index in [-0.39, 0.29) is 0 Å². The molecule has 1 rings (SSSR count). The maximum atomic E-state index is 13.5. The molecule has 0 bridgehead atoms. The molecule has 0 spiro atoms. The van der Waals surface area contributed by atoms with Crippen LogP contribution in [-0.2, 0) is 0 Å². The van der Waals surface area contributed by atoms with Gasteiger partial charge in [-0.3, -0.25) is 0 Å². The molecule has 0 heterocycles. The number of rotatable bonds is 4. The van der Waals surface area contributed by atoms with Gasteiger partial charge in [0.1, 0.15) is 11.1 Å². The smallest absolute Gasteiger partial charge is 0.460 e. The normalized spacial score (nSPS) is 15.7. The Kier molecular flexibility index (Phi) is 4.59. The van der Waals surface area contributed by atoms with E-state index in [0.29, 0.717) is 12.1 Å². The Balaban J connectivity index is 3.29. The molecular weight excluding hydrogens is 355 g/mol. The van der Waals surface area contributed by atoms with Crippen molar-refractivity contribution >= 4 is 11.6 Å². The Bertz CT molecular complexity index is 523. The lowest BCUT2D eigenvalue weighted by molar-refractivity contribution is -0.396. The zero-order valence-electron chi connectivity index (χ0n) is 10.1. The van der Waals surface area contributed by atoms with Crippen molar-refractivity contribution in [1.29, 1.82) is 0 Å². The molecule has 1 aromatic carbocycles. The van der Waals surface area contributed by atoms with Crippen molar-refractivity contribution in [3.63, 3.8) is 0 Å². The summed E-state index contributed by atoms with van der Waals surface area (Å²) in [5.74, 6) is -20.2. The van der Waals surface area contributed by atoms with Gasteiger partial charge in [-0.15, -0.1) is 11.6 Å². The zero-order valence-corrected chi connectivity index (χ0v) is 10.9. The summed E-state index contributed by atoms with van der Waals surface area (Å²) < 4.78 is 114. The van der Waals surface area contributed by atoms with Gasteiger partial charge in [-0.2, -0.15) is 39.5 Å². The molecule has 1 atom stereocenters. The number of aromatic hydroxyl groups is 1. The molecule has 11 heteroatoms. The molecule has 1 unspecified atom stereocenters. The SMILES string of the molecule is Oc1ccc(C(Cl)C(F)(F)C(F)(F)C(F)(F)C(F)(F)F)cc1. The van der Waals surface area contributed by atoms with E-state index in [1.54, 1.807) is 0 Å². The summed E-state index contributed by atoms with van der Waals surface area (Å²) >= 11 is 4.98. The van der Waals surface area contributed by atoms with Gasteiger partial charge in [-0.05, 0) is 17.7 Å². The van der Waals surface area contributed by atoms with Crippen LogP contribution < -0.4 is 0 Å².